The van der Waals surface area contributed by atoms with Gasteiger partial charge in [-0.25, -0.2) is 0 Å². The van der Waals surface area contributed by atoms with Gasteiger partial charge in [-0.2, -0.15) is 0 Å². The van der Waals surface area contributed by atoms with Crippen molar-refractivity contribution in [3.63, 3.8) is 0 Å². The van der Waals surface area contributed by atoms with E-state index in [2.05, 4.69) is 29.4 Å². The van der Waals surface area contributed by atoms with Gasteiger partial charge in [0.1, 0.15) is 0 Å². The zero-order valence-electron chi connectivity index (χ0n) is 12.3. The number of piperidine rings is 1. The van der Waals surface area contributed by atoms with Crippen molar-refractivity contribution in [2.45, 2.75) is 52.1 Å². The van der Waals surface area contributed by atoms with E-state index in [0.717, 1.165) is 26.1 Å². The SMILES string of the molecule is CCC(C)NC(=O)C(C)N1CCCC(CNC)C1. The molecule has 0 aromatic carbocycles. The standard InChI is InChI=1S/C14H29N3O/c1-5-11(2)16-14(18)12(3)17-8-6-7-13(10-17)9-15-4/h11-13,15H,5-10H2,1-4H3,(H,16,18). The van der Waals surface area contributed by atoms with Crippen molar-refractivity contribution in [1.29, 1.82) is 0 Å². The normalized spacial score (nSPS) is 24.6. The van der Waals surface area contributed by atoms with Crippen molar-refractivity contribution < 1.29 is 4.79 Å². The summed E-state index contributed by atoms with van der Waals surface area (Å²) >= 11 is 0. The molecule has 1 saturated heterocycles. The number of likely N-dealkylation sites (tertiary alicyclic amines) is 1. The van der Waals surface area contributed by atoms with Gasteiger partial charge >= 0.3 is 0 Å². The predicted octanol–water partition coefficient (Wildman–Crippen LogP) is 1.22. The second-order valence-corrected chi connectivity index (χ2v) is 5.55. The average molecular weight is 255 g/mol. The topological polar surface area (TPSA) is 44.4 Å². The molecule has 1 amide bonds. The Balaban J connectivity index is 2.44. The Morgan fingerprint density at radius 3 is 2.78 bits per heavy atom. The van der Waals surface area contributed by atoms with E-state index in [1.54, 1.807) is 0 Å². The molecule has 1 rings (SSSR count). The summed E-state index contributed by atoms with van der Waals surface area (Å²) in [6.45, 7) is 9.32. The molecule has 18 heavy (non-hydrogen) atoms. The van der Waals surface area contributed by atoms with Crippen LogP contribution < -0.4 is 10.6 Å². The van der Waals surface area contributed by atoms with Gasteiger partial charge in [0.15, 0.2) is 0 Å². The second kappa shape index (κ2) is 7.74. The molecule has 1 fully saturated rings. The van der Waals surface area contributed by atoms with Gasteiger partial charge in [0.05, 0.1) is 6.04 Å². The zero-order chi connectivity index (χ0) is 13.5. The summed E-state index contributed by atoms with van der Waals surface area (Å²) in [6.07, 6.45) is 3.46. The van der Waals surface area contributed by atoms with Crippen molar-refractivity contribution in [2.24, 2.45) is 5.92 Å². The summed E-state index contributed by atoms with van der Waals surface area (Å²) in [7, 11) is 2.00. The van der Waals surface area contributed by atoms with Crippen molar-refractivity contribution in [3.8, 4) is 0 Å². The van der Waals surface area contributed by atoms with Crippen molar-refractivity contribution in [2.75, 3.05) is 26.7 Å². The van der Waals surface area contributed by atoms with Crippen LogP contribution >= 0.6 is 0 Å². The highest BCUT2D eigenvalue weighted by Crippen LogP contribution is 2.18. The first-order valence-electron chi connectivity index (χ1n) is 7.27. The Bertz CT molecular complexity index is 255. The summed E-state index contributed by atoms with van der Waals surface area (Å²) in [4.78, 5) is 14.4. The largest absolute Gasteiger partial charge is 0.352 e. The summed E-state index contributed by atoms with van der Waals surface area (Å²) in [5.41, 5.74) is 0. The average Bonchev–Trinajstić information content (AvgIpc) is 2.38. The quantitative estimate of drug-likeness (QED) is 0.750. The molecular weight excluding hydrogens is 226 g/mol. The molecule has 0 bridgehead atoms. The molecule has 0 spiro atoms. The van der Waals surface area contributed by atoms with Crippen LogP contribution in [0.3, 0.4) is 0 Å². The van der Waals surface area contributed by atoms with E-state index in [1.807, 2.05) is 14.0 Å². The number of rotatable bonds is 6. The summed E-state index contributed by atoms with van der Waals surface area (Å²) in [6, 6.07) is 0.275. The Hall–Kier alpha value is -0.610. The third-order valence-electron chi connectivity index (χ3n) is 3.97. The molecular formula is C14H29N3O. The molecule has 0 radical (unpaired) electrons. The molecule has 0 saturated carbocycles. The maximum atomic E-state index is 12.1. The highest BCUT2D eigenvalue weighted by molar-refractivity contribution is 5.81. The molecule has 3 unspecified atom stereocenters. The monoisotopic (exact) mass is 255 g/mol. The minimum absolute atomic E-state index is 0.00124. The second-order valence-electron chi connectivity index (χ2n) is 5.55. The van der Waals surface area contributed by atoms with E-state index in [1.165, 1.54) is 12.8 Å². The number of carbonyl (C=O) groups excluding carboxylic acids is 1. The molecule has 0 aliphatic carbocycles. The molecule has 1 heterocycles. The van der Waals surface area contributed by atoms with E-state index >= 15 is 0 Å². The first-order valence-corrected chi connectivity index (χ1v) is 7.27. The number of hydrogen-bond acceptors (Lipinski definition) is 3. The lowest BCUT2D eigenvalue weighted by Crippen LogP contribution is -2.51. The highest BCUT2D eigenvalue weighted by Gasteiger charge is 2.27. The van der Waals surface area contributed by atoms with Gasteiger partial charge in [-0.1, -0.05) is 6.92 Å². The molecule has 2 N–H and O–H groups in total. The predicted molar refractivity (Wildman–Crippen MR) is 75.6 cm³/mol. The minimum atomic E-state index is -0.00124. The Labute approximate surface area is 111 Å². The van der Waals surface area contributed by atoms with Gasteiger partial charge in [-0.05, 0) is 59.2 Å². The van der Waals surface area contributed by atoms with E-state index in [0.29, 0.717) is 5.92 Å². The van der Waals surface area contributed by atoms with Crippen molar-refractivity contribution >= 4 is 5.91 Å². The lowest BCUT2D eigenvalue weighted by Gasteiger charge is -2.36. The molecule has 1 aliphatic rings. The van der Waals surface area contributed by atoms with E-state index in [-0.39, 0.29) is 18.0 Å². The maximum absolute atomic E-state index is 12.1. The Kier molecular flexibility index (Phi) is 6.65. The van der Waals surface area contributed by atoms with E-state index in [9.17, 15) is 4.79 Å². The highest BCUT2D eigenvalue weighted by atomic mass is 16.2. The third-order valence-corrected chi connectivity index (χ3v) is 3.97. The molecule has 106 valence electrons. The third kappa shape index (κ3) is 4.58. The van der Waals surface area contributed by atoms with Crippen LogP contribution in [-0.2, 0) is 4.79 Å². The molecule has 4 heteroatoms. The number of hydrogen-bond donors (Lipinski definition) is 2. The maximum Gasteiger partial charge on any atom is 0.237 e. The fourth-order valence-electron chi connectivity index (χ4n) is 2.54. The van der Waals surface area contributed by atoms with E-state index in [4.69, 9.17) is 0 Å². The fraction of sp³-hybridized carbons (Fsp3) is 0.929. The number of carbonyl (C=O) groups is 1. The molecule has 0 aromatic heterocycles. The lowest BCUT2D eigenvalue weighted by molar-refractivity contribution is -0.127. The Morgan fingerprint density at radius 1 is 1.44 bits per heavy atom. The lowest BCUT2D eigenvalue weighted by atomic mass is 9.96. The molecule has 1 aliphatic heterocycles. The van der Waals surface area contributed by atoms with Crippen LogP contribution in [0.4, 0.5) is 0 Å². The Morgan fingerprint density at radius 2 is 2.17 bits per heavy atom. The van der Waals surface area contributed by atoms with Crippen molar-refractivity contribution in [3.05, 3.63) is 0 Å². The van der Waals surface area contributed by atoms with Gasteiger partial charge in [-0.3, -0.25) is 9.69 Å². The van der Waals surface area contributed by atoms with Crippen LogP contribution in [0.2, 0.25) is 0 Å². The van der Waals surface area contributed by atoms with Crippen LogP contribution in [0.1, 0.15) is 40.0 Å². The van der Waals surface area contributed by atoms with Crippen molar-refractivity contribution in [1.82, 2.24) is 15.5 Å². The van der Waals surface area contributed by atoms with Gasteiger partial charge in [-0.15, -0.1) is 0 Å². The molecule has 0 aromatic rings. The van der Waals surface area contributed by atoms with Gasteiger partial charge < -0.3 is 10.6 Å². The molecule has 4 nitrogen and oxygen atoms in total. The van der Waals surface area contributed by atoms with Crippen LogP contribution in [0.15, 0.2) is 0 Å². The number of nitrogens with one attached hydrogen (secondary N) is 2. The first kappa shape index (κ1) is 15.4. The zero-order valence-corrected chi connectivity index (χ0v) is 12.3. The number of nitrogens with zero attached hydrogens (tertiary/aromatic N) is 1. The summed E-state index contributed by atoms with van der Waals surface area (Å²) in [5.74, 6) is 0.858. The molecule has 3 atom stereocenters. The summed E-state index contributed by atoms with van der Waals surface area (Å²) < 4.78 is 0. The van der Waals surface area contributed by atoms with Gasteiger partial charge in [0.25, 0.3) is 0 Å². The first-order chi connectivity index (χ1) is 8.58. The van der Waals surface area contributed by atoms with Crippen LogP contribution in [-0.4, -0.2) is 49.6 Å². The van der Waals surface area contributed by atoms with Crippen LogP contribution in [0.5, 0.6) is 0 Å². The van der Waals surface area contributed by atoms with Crippen LogP contribution in [0, 0.1) is 5.92 Å². The van der Waals surface area contributed by atoms with Gasteiger partial charge in [0, 0.05) is 12.6 Å². The minimum Gasteiger partial charge on any atom is -0.352 e. The van der Waals surface area contributed by atoms with Crippen LogP contribution in [0.25, 0.3) is 0 Å². The van der Waals surface area contributed by atoms with E-state index < -0.39 is 0 Å². The fourth-order valence-corrected chi connectivity index (χ4v) is 2.54. The summed E-state index contributed by atoms with van der Waals surface area (Å²) in [5, 5.41) is 6.32. The smallest absolute Gasteiger partial charge is 0.237 e. The van der Waals surface area contributed by atoms with Gasteiger partial charge in [0.2, 0.25) is 5.91 Å². The number of amides is 1.